The van der Waals surface area contributed by atoms with Crippen LogP contribution in [0.1, 0.15) is 34.3 Å². The molecule has 11 nitrogen and oxygen atoms in total. The summed E-state index contributed by atoms with van der Waals surface area (Å²) in [5, 5.41) is 53.9. The molecule has 0 aliphatic heterocycles. The van der Waals surface area contributed by atoms with Gasteiger partial charge in [0.1, 0.15) is 22.8 Å². The Morgan fingerprint density at radius 3 is 2.51 bits per heavy atom. The lowest BCUT2D eigenvalue weighted by atomic mass is 9.58. The van der Waals surface area contributed by atoms with Crippen molar-refractivity contribution in [3.05, 3.63) is 75.8 Å². The number of nitrogens with zero attached hydrogens (tertiary/aromatic N) is 3. The molecule has 3 aliphatic rings. The van der Waals surface area contributed by atoms with Crippen LogP contribution in [0.4, 0.5) is 0 Å². The predicted octanol–water partition coefficient (Wildman–Crippen LogP) is 2.13. The molecule has 1 amide bonds. The number of carbonyl (C=O) groups is 3. The second kappa shape index (κ2) is 11.0. The molecule has 11 heteroatoms. The van der Waals surface area contributed by atoms with Gasteiger partial charge in [-0.15, -0.1) is 0 Å². The third-order valence-corrected chi connectivity index (χ3v) is 8.90. The molecule has 4 atom stereocenters. The van der Waals surface area contributed by atoms with E-state index in [2.05, 4.69) is 6.07 Å². The summed E-state index contributed by atoms with van der Waals surface area (Å²) in [7, 11) is 5.11. The normalized spacial score (nSPS) is 25.0. The van der Waals surface area contributed by atoms with Crippen LogP contribution < -0.4 is 5.73 Å². The van der Waals surface area contributed by atoms with Gasteiger partial charge in [0.25, 0.3) is 5.91 Å². The first-order valence-corrected chi connectivity index (χ1v) is 14.0. The number of hydrogen-bond donors (Lipinski definition) is 5. The molecule has 3 aliphatic carbocycles. The zero-order valence-electron chi connectivity index (χ0n) is 24.2. The minimum atomic E-state index is -2.68. The van der Waals surface area contributed by atoms with Crippen molar-refractivity contribution in [2.45, 2.75) is 37.5 Å². The molecular weight excluding hydrogens is 552 g/mol. The zero-order chi connectivity index (χ0) is 31.4. The first-order chi connectivity index (χ1) is 20.3. The Morgan fingerprint density at radius 1 is 1.14 bits per heavy atom. The number of aliphatic hydroxyl groups is 3. The van der Waals surface area contributed by atoms with Crippen molar-refractivity contribution >= 4 is 17.5 Å². The topological polar surface area (TPSA) is 188 Å². The highest BCUT2D eigenvalue weighted by molar-refractivity contribution is 6.24. The number of allylic oxidation sites excluding steroid dienone is 1. The van der Waals surface area contributed by atoms with Gasteiger partial charge in [-0.05, 0) is 74.3 Å². The van der Waals surface area contributed by atoms with Crippen molar-refractivity contribution in [1.82, 2.24) is 9.80 Å². The second-order valence-electron chi connectivity index (χ2n) is 11.8. The van der Waals surface area contributed by atoms with Crippen LogP contribution in [0.3, 0.4) is 0 Å². The third kappa shape index (κ3) is 4.68. The van der Waals surface area contributed by atoms with Crippen molar-refractivity contribution in [3.63, 3.8) is 0 Å². The molecule has 0 heterocycles. The molecular formula is C32H34N4O7. The fraction of sp³-hybridized carbons (Fsp3) is 0.375. The van der Waals surface area contributed by atoms with E-state index >= 15 is 0 Å². The summed E-state index contributed by atoms with van der Waals surface area (Å²) < 4.78 is 0. The molecule has 43 heavy (non-hydrogen) atoms. The lowest BCUT2D eigenvalue weighted by molar-refractivity contribution is -0.148. The number of amides is 1. The van der Waals surface area contributed by atoms with Gasteiger partial charge in [-0.1, -0.05) is 24.3 Å². The van der Waals surface area contributed by atoms with Gasteiger partial charge < -0.3 is 31.1 Å². The maximum atomic E-state index is 14.0. The van der Waals surface area contributed by atoms with E-state index in [1.165, 1.54) is 11.0 Å². The number of likely N-dealkylation sites (N-methyl/N-ethyl adjacent to an activating group) is 1. The molecule has 0 saturated carbocycles. The number of primary amides is 1. The maximum absolute atomic E-state index is 14.0. The minimum absolute atomic E-state index is 0.0184. The van der Waals surface area contributed by atoms with Gasteiger partial charge in [-0.25, -0.2) is 0 Å². The van der Waals surface area contributed by atoms with Crippen LogP contribution in [-0.2, 0) is 22.6 Å². The van der Waals surface area contributed by atoms with Crippen molar-refractivity contribution in [2.24, 2.45) is 17.6 Å². The highest BCUT2D eigenvalue weighted by Crippen LogP contribution is 2.53. The monoisotopic (exact) mass is 586 g/mol. The molecule has 0 bridgehead atoms. The lowest BCUT2D eigenvalue weighted by Crippen LogP contribution is -2.63. The molecule has 0 aromatic heterocycles. The van der Waals surface area contributed by atoms with E-state index in [-0.39, 0.29) is 29.7 Å². The van der Waals surface area contributed by atoms with Gasteiger partial charge in [-0.2, -0.15) is 5.26 Å². The number of aliphatic hydroxyl groups excluding tert-OH is 2. The van der Waals surface area contributed by atoms with Crippen LogP contribution >= 0.6 is 0 Å². The molecule has 6 N–H and O–H groups in total. The summed E-state index contributed by atoms with van der Waals surface area (Å²) in [6.45, 7) is 1.21. The smallest absolute Gasteiger partial charge is 0.255 e. The SMILES string of the molecule is CN(CCC#N)Cc1cccc(-c2ccc(O)c3c2C[C@H]2C[C@H]4[C@H](N(C)C)C(O)=C(C(N)=O)C(=O)[C@@]4(O)C(O)=C2C3=O)c1. The number of phenols is 1. The van der Waals surface area contributed by atoms with E-state index < -0.39 is 58.0 Å². The number of phenolic OH excluding ortho intramolecular Hbond substituents is 1. The van der Waals surface area contributed by atoms with Gasteiger partial charge in [0.05, 0.1) is 17.7 Å². The van der Waals surface area contributed by atoms with Crippen LogP contribution in [0.5, 0.6) is 5.75 Å². The number of carbonyl (C=O) groups excluding carboxylic acids is 3. The van der Waals surface area contributed by atoms with Gasteiger partial charge in [0.2, 0.25) is 5.78 Å². The highest BCUT2D eigenvalue weighted by Gasteiger charge is 2.63. The number of nitrogens with two attached hydrogens (primary N) is 1. The molecule has 0 unspecified atom stereocenters. The summed E-state index contributed by atoms with van der Waals surface area (Å²) in [6.07, 6.45) is 0.622. The fourth-order valence-corrected chi connectivity index (χ4v) is 6.99. The fourth-order valence-electron chi connectivity index (χ4n) is 6.99. The number of fused-ring (bicyclic) bond motifs is 3. The van der Waals surface area contributed by atoms with E-state index in [0.717, 1.165) is 11.1 Å². The van der Waals surface area contributed by atoms with Gasteiger partial charge >= 0.3 is 0 Å². The van der Waals surface area contributed by atoms with E-state index in [1.807, 2.05) is 36.2 Å². The first-order valence-electron chi connectivity index (χ1n) is 14.0. The number of rotatable bonds is 7. The highest BCUT2D eigenvalue weighted by atomic mass is 16.3. The average Bonchev–Trinajstić information content (AvgIpc) is 2.93. The van der Waals surface area contributed by atoms with Crippen molar-refractivity contribution < 1.29 is 34.8 Å². The largest absolute Gasteiger partial charge is 0.510 e. The standard InChI is InChI=1S/C32H34N4O7/c1-35(2)26-21-14-18-13-20-19(17-7-4-6-16(12-17)15-36(3)11-5-10-33)8-9-22(37)24(20)27(38)23(18)29(40)32(21,43)30(41)25(28(26)39)31(34)42/h4,6-9,12,18,21,26,37,39-40,43H,5,11,13-15H2,1-3H3,(H2,34,42)/t18-,21-,26-,32-/m0/s1. The van der Waals surface area contributed by atoms with Crippen molar-refractivity contribution in [1.29, 1.82) is 5.26 Å². The molecule has 0 fully saturated rings. The molecule has 0 radical (unpaired) electrons. The molecule has 0 saturated heterocycles. The van der Waals surface area contributed by atoms with Crippen molar-refractivity contribution in [2.75, 3.05) is 27.7 Å². The second-order valence-corrected chi connectivity index (χ2v) is 11.8. The Morgan fingerprint density at radius 2 is 1.86 bits per heavy atom. The van der Waals surface area contributed by atoms with Crippen LogP contribution in [0, 0.1) is 23.2 Å². The molecule has 2 aromatic rings. The Hall–Kier alpha value is -4.50. The minimum Gasteiger partial charge on any atom is -0.510 e. The van der Waals surface area contributed by atoms with Gasteiger partial charge in [0, 0.05) is 31.0 Å². The van der Waals surface area contributed by atoms with Crippen molar-refractivity contribution in [3.8, 4) is 22.9 Å². The Bertz CT molecular complexity index is 1650. The van der Waals surface area contributed by atoms with E-state index in [9.17, 15) is 34.8 Å². The molecule has 5 rings (SSSR count). The van der Waals surface area contributed by atoms with Crippen LogP contribution in [0.15, 0.2) is 59.1 Å². The molecule has 2 aromatic carbocycles. The number of nitriles is 1. The number of hydrogen-bond acceptors (Lipinski definition) is 10. The summed E-state index contributed by atoms with van der Waals surface area (Å²) in [4.78, 5) is 43.2. The maximum Gasteiger partial charge on any atom is 0.255 e. The number of ketones is 2. The van der Waals surface area contributed by atoms with Gasteiger partial charge in [-0.3, -0.25) is 19.3 Å². The summed E-state index contributed by atoms with van der Waals surface area (Å²) >= 11 is 0. The average molecular weight is 587 g/mol. The zero-order valence-corrected chi connectivity index (χ0v) is 24.2. The Labute approximate surface area is 248 Å². The van der Waals surface area contributed by atoms with Crippen LogP contribution in [0.2, 0.25) is 0 Å². The summed E-state index contributed by atoms with van der Waals surface area (Å²) in [5.74, 6) is -6.81. The number of Topliss-reactive ketones (excluding diaryl/α,β-unsaturated/α-hetero) is 2. The van der Waals surface area contributed by atoms with E-state index in [1.54, 1.807) is 20.2 Å². The quantitative estimate of drug-likeness (QED) is 0.301. The number of benzene rings is 2. The van der Waals surface area contributed by atoms with E-state index in [0.29, 0.717) is 30.6 Å². The molecule has 0 spiro atoms. The first kappa shape index (κ1) is 30.0. The Balaban J connectivity index is 1.62. The van der Waals surface area contributed by atoms with Crippen LogP contribution in [-0.4, -0.2) is 87.0 Å². The third-order valence-electron chi connectivity index (χ3n) is 8.90. The predicted molar refractivity (Wildman–Crippen MR) is 156 cm³/mol. The summed E-state index contributed by atoms with van der Waals surface area (Å²) in [5.41, 5.74) is 4.73. The van der Waals surface area contributed by atoms with Crippen LogP contribution in [0.25, 0.3) is 11.1 Å². The number of aromatic hydroxyl groups is 1. The molecule has 224 valence electrons. The Kier molecular flexibility index (Phi) is 7.64. The van der Waals surface area contributed by atoms with E-state index in [4.69, 9.17) is 11.0 Å². The lowest BCUT2D eigenvalue weighted by Gasteiger charge is -2.50. The summed E-state index contributed by atoms with van der Waals surface area (Å²) in [6, 6.07) is 12.0. The van der Waals surface area contributed by atoms with Gasteiger partial charge in [0.15, 0.2) is 11.4 Å².